The van der Waals surface area contributed by atoms with Gasteiger partial charge >= 0.3 is 0 Å². The normalized spacial score (nSPS) is 15.7. The molecule has 1 aromatic carbocycles. The molecule has 0 saturated carbocycles. The van der Waals surface area contributed by atoms with Crippen molar-refractivity contribution in [1.82, 2.24) is 24.6 Å². The second kappa shape index (κ2) is 10.6. The largest absolute Gasteiger partial charge is 0.344 e. The van der Waals surface area contributed by atoms with Crippen LogP contribution in [0.3, 0.4) is 0 Å². The van der Waals surface area contributed by atoms with Crippen molar-refractivity contribution >= 4 is 22.6 Å². The number of likely N-dealkylation sites (tertiary alicyclic amines) is 1. The highest BCUT2D eigenvalue weighted by molar-refractivity contribution is 7.84. The molecule has 1 fully saturated rings. The molecule has 33 heavy (non-hydrogen) atoms. The van der Waals surface area contributed by atoms with Gasteiger partial charge in [-0.1, -0.05) is 18.2 Å². The number of aromatic nitrogens is 3. The first kappa shape index (κ1) is 23.0. The summed E-state index contributed by atoms with van der Waals surface area (Å²) in [6.45, 7) is 3.16. The van der Waals surface area contributed by atoms with E-state index in [1.165, 1.54) is 0 Å². The van der Waals surface area contributed by atoms with Crippen molar-refractivity contribution in [2.45, 2.75) is 38.0 Å². The lowest BCUT2D eigenvalue weighted by Gasteiger charge is -2.29. The monoisotopic (exact) mass is 467 g/mol. The summed E-state index contributed by atoms with van der Waals surface area (Å²) in [5.74, 6) is 0.340. The molecular formula is C24H29N5O3S. The highest BCUT2D eigenvalue weighted by Crippen LogP contribution is 2.21. The minimum atomic E-state index is -1.45. The summed E-state index contributed by atoms with van der Waals surface area (Å²) < 4.78 is 16.6. The van der Waals surface area contributed by atoms with Crippen LogP contribution in [0.25, 0.3) is 11.5 Å². The molecule has 0 spiro atoms. The molecule has 2 atom stereocenters. The zero-order chi connectivity index (χ0) is 23.2. The van der Waals surface area contributed by atoms with E-state index in [0.717, 1.165) is 49.4 Å². The van der Waals surface area contributed by atoms with Crippen LogP contribution in [-0.4, -0.2) is 60.2 Å². The van der Waals surface area contributed by atoms with Gasteiger partial charge in [-0.15, -0.1) is 0 Å². The summed E-state index contributed by atoms with van der Waals surface area (Å²) in [5.41, 5.74) is 1.67. The predicted octanol–water partition coefficient (Wildman–Crippen LogP) is 2.43. The molecule has 0 radical (unpaired) electrons. The lowest BCUT2D eigenvalue weighted by molar-refractivity contribution is -0.136. The van der Waals surface area contributed by atoms with E-state index >= 15 is 0 Å². The Morgan fingerprint density at radius 3 is 2.45 bits per heavy atom. The predicted molar refractivity (Wildman–Crippen MR) is 128 cm³/mol. The molecule has 174 valence electrons. The molecule has 0 unspecified atom stereocenters. The molecule has 2 amide bonds. The van der Waals surface area contributed by atoms with E-state index in [2.05, 4.69) is 10.4 Å². The standard InChI is InChI=1S/C24H29N5O3S/c1-19(24(31)28-14-6-3-7-15-28)26-22(30)18-33(32)17-20-16-25-29(21-10-4-2-5-11-21)23(20)27-12-8-9-13-27/h2,4-5,8-13,16,19H,3,6-7,14-15,17-18H2,1H3,(H,26,30)/t19-,33+/m1/s1. The van der Waals surface area contributed by atoms with Crippen LogP contribution >= 0.6 is 0 Å². The summed E-state index contributed by atoms with van der Waals surface area (Å²) in [4.78, 5) is 26.8. The smallest absolute Gasteiger partial charge is 0.244 e. The summed E-state index contributed by atoms with van der Waals surface area (Å²) in [7, 11) is -1.45. The average molecular weight is 468 g/mol. The average Bonchev–Trinajstić information content (AvgIpc) is 3.49. The number of hydrogen-bond donors (Lipinski definition) is 1. The van der Waals surface area contributed by atoms with Gasteiger partial charge in [0.05, 0.1) is 17.6 Å². The fraction of sp³-hybridized carbons (Fsp3) is 0.375. The first-order chi connectivity index (χ1) is 16.0. The Balaban J connectivity index is 1.42. The number of rotatable bonds is 8. The third-order valence-corrected chi connectivity index (χ3v) is 6.91. The molecule has 8 nitrogen and oxygen atoms in total. The van der Waals surface area contributed by atoms with Gasteiger partial charge in [0.1, 0.15) is 17.6 Å². The zero-order valence-electron chi connectivity index (χ0n) is 18.7. The SMILES string of the molecule is C[C@@H](NC(=O)C[S@@](=O)Cc1cnn(-c2ccccc2)c1-n1cccc1)C(=O)N1CCCCC1. The fourth-order valence-corrected chi connectivity index (χ4v) is 5.12. The number of piperidine rings is 1. The highest BCUT2D eigenvalue weighted by atomic mass is 32.2. The van der Waals surface area contributed by atoms with Gasteiger partial charge < -0.3 is 14.8 Å². The Morgan fingerprint density at radius 1 is 1.06 bits per heavy atom. The maximum atomic E-state index is 12.9. The van der Waals surface area contributed by atoms with Crippen LogP contribution in [-0.2, 0) is 26.1 Å². The van der Waals surface area contributed by atoms with Crippen molar-refractivity contribution < 1.29 is 13.8 Å². The number of nitrogens with zero attached hydrogens (tertiary/aromatic N) is 4. The van der Waals surface area contributed by atoms with Gasteiger partial charge in [-0.3, -0.25) is 13.8 Å². The van der Waals surface area contributed by atoms with Crippen molar-refractivity contribution in [2.75, 3.05) is 18.8 Å². The van der Waals surface area contributed by atoms with Crippen LogP contribution in [0.5, 0.6) is 0 Å². The molecule has 1 saturated heterocycles. The van der Waals surface area contributed by atoms with Gasteiger partial charge in [-0.25, -0.2) is 4.68 Å². The van der Waals surface area contributed by atoms with Crippen molar-refractivity contribution in [1.29, 1.82) is 0 Å². The van der Waals surface area contributed by atoms with Crippen molar-refractivity contribution in [3.8, 4) is 11.5 Å². The number of benzene rings is 1. The van der Waals surface area contributed by atoms with Gasteiger partial charge in [-0.2, -0.15) is 5.10 Å². The Kier molecular flexibility index (Phi) is 7.39. The molecule has 0 aliphatic carbocycles. The number of carbonyl (C=O) groups excluding carboxylic acids is 2. The summed E-state index contributed by atoms with van der Waals surface area (Å²) in [6, 6.07) is 12.9. The second-order valence-corrected chi connectivity index (χ2v) is 9.69. The molecule has 0 bridgehead atoms. The van der Waals surface area contributed by atoms with Crippen molar-refractivity contribution in [3.05, 3.63) is 66.6 Å². The van der Waals surface area contributed by atoms with E-state index < -0.39 is 16.8 Å². The highest BCUT2D eigenvalue weighted by Gasteiger charge is 2.24. The van der Waals surface area contributed by atoms with Crippen LogP contribution in [0.15, 0.2) is 61.1 Å². The van der Waals surface area contributed by atoms with Crippen molar-refractivity contribution in [2.24, 2.45) is 0 Å². The third-order valence-electron chi connectivity index (χ3n) is 5.69. The molecule has 2 aromatic heterocycles. The Bertz CT molecular complexity index is 1100. The van der Waals surface area contributed by atoms with Gasteiger partial charge in [0.15, 0.2) is 0 Å². The van der Waals surface area contributed by atoms with Crippen LogP contribution in [0.1, 0.15) is 31.7 Å². The number of nitrogens with one attached hydrogen (secondary N) is 1. The number of carbonyl (C=O) groups is 2. The van der Waals surface area contributed by atoms with Crippen molar-refractivity contribution in [3.63, 3.8) is 0 Å². The first-order valence-corrected chi connectivity index (χ1v) is 12.7. The van der Waals surface area contributed by atoms with Crippen LogP contribution in [0, 0.1) is 0 Å². The minimum absolute atomic E-state index is 0.0761. The van der Waals surface area contributed by atoms with Crippen LogP contribution in [0.4, 0.5) is 0 Å². The third kappa shape index (κ3) is 5.60. The minimum Gasteiger partial charge on any atom is -0.344 e. The second-order valence-electron chi connectivity index (χ2n) is 8.23. The molecule has 9 heteroatoms. The summed E-state index contributed by atoms with van der Waals surface area (Å²) in [5, 5.41) is 7.23. The van der Waals surface area contributed by atoms with Crippen LogP contribution in [0.2, 0.25) is 0 Å². The molecule has 3 aromatic rings. The van der Waals surface area contributed by atoms with E-state index in [9.17, 15) is 13.8 Å². The van der Waals surface area contributed by atoms with E-state index in [1.54, 1.807) is 22.7 Å². The molecule has 1 N–H and O–H groups in total. The van der Waals surface area contributed by atoms with Gasteiger partial charge in [-0.05, 0) is 50.5 Å². The topological polar surface area (TPSA) is 89.2 Å². The van der Waals surface area contributed by atoms with E-state index in [0.29, 0.717) is 0 Å². The summed E-state index contributed by atoms with van der Waals surface area (Å²) in [6.07, 6.45) is 8.64. The number of para-hydroxylation sites is 1. The Hall–Kier alpha value is -3.20. The molecule has 3 heterocycles. The van der Waals surface area contributed by atoms with Gasteiger partial charge in [0, 0.05) is 41.8 Å². The van der Waals surface area contributed by atoms with E-state index in [-0.39, 0.29) is 23.3 Å². The Morgan fingerprint density at radius 2 is 1.76 bits per heavy atom. The summed E-state index contributed by atoms with van der Waals surface area (Å²) >= 11 is 0. The maximum Gasteiger partial charge on any atom is 0.244 e. The number of hydrogen-bond acceptors (Lipinski definition) is 4. The quantitative estimate of drug-likeness (QED) is 0.551. The fourth-order valence-electron chi connectivity index (χ4n) is 4.09. The van der Waals surface area contributed by atoms with Gasteiger partial charge in [0.2, 0.25) is 11.8 Å². The zero-order valence-corrected chi connectivity index (χ0v) is 19.5. The van der Waals surface area contributed by atoms with E-state index in [4.69, 9.17) is 0 Å². The van der Waals surface area contributed by atoms with E-state index in [1.807, 2.05) is 59.4 Å². The lowest BCUT2D eigenvalue weighted by Crippen LogP contribution is -2.49. The molecule has 1 aliphatic heterocycles. The maximum absolute atomic E-state index is 12.9. The van der Waals surface area contributed by atoms with Crippen LogP contribution < -0.4 is 5.32 Å². The van der Waals surface area contributed by atoms with Gasteiger partial charge in [0.25, 0.3) is 0 Å². The first-order valence-electron chi connectivity index (χ1n) is 11.2. The molecule has 4 rings (SSSR count). The Labute approximate surface area is 196 Å². The molecular weight excluding hydrogens is 438 g/mol. The lowest BCUT2D eigenvalue weighted by atomic mass is 10.1. The number of amides is 2. The molecule has 1 aliphatic rings.